The summed E-state index contributed by atoms with van der Waals surface area (Å²) in [5, 5.41) is 6.96. The Morgan fingerprint density at radius 3 is 2.62 bits per heavy atom. The predicted octanol–water partition coefficient (Wildman–Crippen LogP) is 2.54. The van der Waals surface area contributed by atoms with Gasteiger partial charge >= 0.3 is 0 Å². The maximum atomic E-state index is 12.8. The van der Waals surface area contributed by atoms with Gasteiger partial charge in [0.2, 0.25) is 0 Å². The number of benzene rings is 1. The number of ether oxygens (including phenoxy) is 1. The molecule has 10 heteroatoms. The Kier molecular flexibility index (Phi) is 5.66. The molecule has 2 fully saturated rings. The highest BCUT2D eigenvalue weighted by molar-refractivity contribution is 7.92. The first-order valence-corrected chi connectivity index (χ1v) is 11.7. The number of anilines is 1. The summed E-state index contributed by atoms with van der Waals surface area (Å²) >= 11 is 1.35. The van der Waals surface area contributed by atoms with E-state index in [4.69, 9.17) is 9.57 Å². The van der Waals surface area contributed by atoms with Crippen LogP contribution in [0, 0.1) is 6.92 Å². The molecule has 0 spiro atoms. The van der Waals surface area contributed by atoms with Crippen molar-refractivity contribution in [2.45, 2.75) is 42.4 Å². The Morgan fingerprint density at radius 1 is 1.28 bits per heavy atom. The molecule has 4 rings (SSSR count). The molecule has 1 amide bonds. The largest absolute Gasteiger partial charge is 0.389 e. The lowest BCUT2D eigenvalue weighted by atomic mass is 10.1. The van der Waals surface area contributed by atoms with Crippen LogP contribution in [-0.2, 0) is 24.2 Å². The van der Waals surface area contributed by atoms with E-state index in [2.05, 4.69) is 15.5 Å². The number of carbonyl (C=O) groups is 1. The van der Waals surface area contributed by atoms with Gasteiger partial charge in [-0.1, -0.05) is 17.3 Å². The number of hydrogen-bond donors (Lipinski definition) is 1. The van der Waals surface area contributed by atoms with Gasteiger partial charge in [-0.05, 0) is 31.9 Å². The van der Waals surface area contributed by atoms with Crippen LogP contribution in [-0.4, -0.2) is 49.6 Å². The van der Waals surface area contributed by atoms with E-state index >= 15 is 0 Å². The lowest BCUT2D eigenvalue weighted by Crippen LogP contribution is -2.25. The molecular weight excluding hydrogens is 414 g/mol. The smallest absolute Gasteiger partial charge is 0.280 e. The van der Waals surface area contributed by atoms with Gasteiger partial charge in [0.05, 0.1) is 23.4 Å². The first-order valence-electron chi connectivity index (χ1n) is 9.33. The minimum absolute atomic E-state index is 0.0557. The third kappa shape index (κ3) is 4.65. The first-order chi connectivity index (χ1) is 13.9. The van der Waals surface area contributed by atoms with Crippen LogP contribution in [0.1, 0.15) is 29.7 Å². The van der Waals surface area contributed by atoms with Gasteiger partial charge in [-0.15, -0.1) is 11.3 Å². The number of aromatic nitrogens is 1. The summed E-state index contributed by atoms with van der Waals surface area (Å²) in [6.07, 6.45) is 3.55. The quantitative estimate of drug-likeness (QED) is 0.529. The second-order valence-electron chi connectivity index (χ2n) is 7.03. The molecule has 2 heterocycles. The van der Waals surface area contributed by atoms with Crippen molar-refractivity contribution in [2.75, 3.05) is 18.5 Å². The third-order valence-electron chi connectivity index (χ3n) is 4.66. The molecule has 1 atom stereocenters. The second-order valence-corrected chi connectivity index (χ2v) is 10.5. The highest BCUT2D eigenvalue weighted by atomic mass is 32.2. The zero-order chi connectivity index (χ0) is 20.4. The van der Waals surface area contributed by atoms with Crippen LogP contribution in [0.2, 0.25) is 0 Å². The van der Waals surface area contributed by atoms with E-state index in [1.165, 1.54) is 23.5 Å². The number of nitrogens with zero attached hydrogens (tertiary/aromatic N) is 2. The number of nitrogens with one attached hydrogen (secondary N) is 1. The Balaban J connectivity index is 1.58. The number of rotatable bonds is 7. The number of oxime groups is 1. The molecule has 0 bridgehead atoms. The van der Waals surface area contributed by atoms with E-state index in [-0.39, 0.29) is 22.0 Å². The molecule has 0 radical (unpaired) electrons. The van der Waals surface area contributed by atoms with Crippen LogP contribution in [0.15, 0.2) is 40.5 Å². The molecule has 0 unspecified atom stereocenters. The summed E-state index contributed by atoms with van der Waals surface area (Å²) in [6.45, 7) is 2.90. The van der Waals surface area contributed by atoms with Crippen molar-refractivity contribution in [1.82, 2.24) is 4.98 Å². The fourth-order valence-corrected chi connectivity index (χ4v) is 5.21. The van der Waals surface area contributed by atoms with Gasteiger partial charge in [-0.2, -0.15) is 0 Å². The van der Waals surface area contributed by atoms with Crippen LogP contribution in [0.25, 0.3) is 0 Å². The summed E-state index contributed by atoms with van der Waals surface area (Å²) < 4.78 is 30.1. The van der Waals surface area contributed by atoms with Gasteiger partial charge in [0.15, 0.2) is 26.8 Å². The maximum absolute atomic E-state index is 12.8. The zero-order valence-electron chi connectivity index (χ0n) is 15.8. The number of hydrogen-bond acceptors (Lipinski definition) is 8. The molecule has 1 aliphatic heterocycles. The normalized spacial score (nSPS) is 19.9. The SMILES string of the molecule is Cc1cnc(NC(=O)/C(=N/O[C@@H]2CCOC2)c2ccc(S(=O)(=O)C3CC3)cc2)s1. The monoisotopic (exact) mass is 435 g/mol. The Bertz CT molecular complexity index is 1020. The Morgan fingerprint density at radius 2 is 2.03 bits per heavy atom. The Labute approximate surface area is 172 Å². The van der Waals surface area contributed by atoms with Gasteiger partial charge in [0.25, 0.3) is 5.91 Å². The molecule has 154 valence electrons. The Hall–Kier alpha value is -2.30. The van der Waals surface area contributed by atoms with Crippen LogP contribution in [0.3, 0.4) is 0 Å². The topological polar surface area (TPSA) is 107 Å². The molecule has 1 N–H and O–H groups in total. The molecule has 8 nitrogen and oxygen atoms in total. The van der Waals surface area contributed by atoms with Crippen molar-refractivity contribution >= 4 is 37.9 Å². The number of aryl methyl sites for hydroxylation is 1. The maximum Gasteiger partial charge on any atom is 0.280 e. The van der Waals surface area contributed by atoms with E-state index in [1.54, 1.807) is 18.3 Å². The average molecular weight is 436 g/mol. The summed E-state index contributed by atoms with van der Waals surface area (Å²) in [5.41, 5.74) is 0.518. The number of thiazole rings is 1. The molecular formula is C19H21N3O5S2. The summed E-state index contributed by atoms with van der Waals surface area (Å²) in [7, 11) is -3.30. The van der Waals surface area contributed by atoms with E-state index in [0.29, 0.717) is 43.2 Å². The van der Waals surface area contributed by atoms with Crippen molar-refractivity contribution in [3.63, 3.8) is 0 Å². The number of amides is 1. The highest BCUT2D eigenvalue weighted by Crippen LogP contribution is 2.33. The van der Waals surface area contributed by atoms with Crippen molar-refractivity contribution in [3.8, 4) is 0 Å². The first kappa shape index (κ1) is 20.0. The van der Waals surface area contributed by atoms with Crippen molar-refractivity contribution in [2.24, 2.45) is 5.16 Å². The fourth-order valence-electron chi connectivity index (χ4n) is 2.89. The van der Waals surface area contributed by atoms with Gasteiger partial charge in [-0.25, -0.2) is 13.4 Å². The summed E-state index contributed by atoms with van der Waals surface area (Å²) in [4.78, 5) is 23.7. The molecule has 1 saturated heterocycles. The zero-order valence-corrected chi connectivity index (χ0v) is 17.5. The molecule has 29 heavy (non-hydrogen) atoms. The molecule has 2 aliphatic rings. The van der Waals surface area contributed by atoms with Crippen LogP contribution < -0.4 is 5.32 Å². The van der Waals surface area contributed by atoms with Gasteiger partial charge in [0.1, 0.15) is 0 Å². The minimum Gasteiger partial charge on any atom is -0.389 e. The highest BCUT2D eigenvalue weighted by Gasteiger charge is 2.36. The van der Waals surface area contributed by atoms with E-state index < -0.39 is 15.7 Å². The van der Waals surface area contributed by atoms with Gasteiger partial charge in [-0.3, -0.25) is 10.1 Å². The van der Waals surface area contributed by atoms with Gasteiger partial charge < -0.3 is 9.57 Å². The lowest BCUT2D eigenvalue weighted by molar-refractivity contribution is -0.110. The second kappa shape index (κ2) is 8.21. The standard InChI is InChI=1S/C19H21N3O5S2/c1-12-10-20-19(28-12)21-18(23)17(22-27-14-8-9-26-11-14)13-2-4-15(5-3-13)29(24,25)16-6-7-16/h2-5,10,14,16H,6-9,11H2,1H3,(H,20,21,23)/b22-17+/t14-/m1/s1. The van der Waals surface area contributed by atoms with E-state index in [0.717, 1.165) is 4.88 Å². The van der Waals surface area contributed by atoms with Crippen molar-refractivity contribution in [1.29, 1.82) is 0 Å². The van der Waals surface area contributed by atoms with Crippen LogP contribution in [0.4, 0.5) is 5.13 Å². The predicted molar refractivity (Wildman–Crippen MR) is 109 cm³/mol. The molecule has 1 aromatic carbocycles. The van der Waals surface area contributed by atoms with Gasteiger partial charge in [0, 0.05) is 23.1 Å². The van der Waals surface area contributed by atoms with E-state index in [9.17, 15) is 13.2 Å². The molecule has 1 aliphatic carbocycles. The average Bonchev–Trinajstić information content (AvgIpc) is 3.31. The molecule has 2 aromatic rings. The molecule has 1 aromatic heterocycles. The number of sulfone groups is 1. The van der Waals surface area contributed by atoms with E-state index in [1.807, 2.05) is 6.92 Å². The minimum atomic E-state index is -3.30. The van der Waals surface area contributed by atoms with Crippen molar-refractivity contribution < 1.29 is 22.8 Å². The van der Waals surface area contributed by atoms with Crippen LogP contribution >= 0.6 is 11.3 Å². The lowest BCUT2D eigenvalue weighted by Gasteiger charge is -2.10. The third-order valence-corrected chi connectivity index (χ3v) is 7.76. The summed E-state index contributed by atoms with van der Waals surface area (Å²) in [5.74, 6) is -0.476. The number of carbonyl (C=O) groups excluding carboxylic acids is 1. The fraction of sp³-hybridized carbons (Fsp3) is 0.421. The van der Waals surface area contributed by atoms with Crippen LogP contribution in [0.5, 0.6) is 0 Å². The summed E-state index contributed by atoms with van der Waals surface area (Å²) in [6, 6.07) is 6.18. The van der Waals surface area contributed by atoms with Crippen molar-refractivity contribution in [3.05, 3.63) is 40.9 Å². The molecule has 1 saturated carbocycles.